The Morgan fingerprint density at radius 1 is 1.53 bits per heavy atom. The molecule has 0 aliphatic rings. The summed E-state index contributed by atoms with van der Waals surface area (Å²) in [4.78, 5) is 11.2. The second-order valence-electron chi connectivity index (χ2n) is 3.10. The second-order valence-corrected chi connectivity index (χ2v) is 3.10. The first-order chi connectivity index (χ1) is 7.19. The van der Waals surface area contributed by atoms with Crippen LogP contribution >= 0.6 is 0 Å². The molecule has 0 spiro atoms. The van der Waals surface area contributed by atoms with Gasteiger partial charge in [-0.05, 0) is 25.1 Å². The zero-order valence-corrected chi connectivity index (χ0v) is 8.86. The lowest BCUT2D eigenvalue weighted by atomic mass is 10.1. The first kappa shape index (κ1) is 11.5. The fraction of sp³-hybridized carbons (Fsp3) is 0.250. The molecular formula is C12H14O3. The summed E-state index contributed by atoms with van der Waals surface area (Å²) in [5, 5.41) is 8.68. The van der Waals surface area contributed by atoms with E-state index in [2.05, 4.69) is 0 Å². The zero-order chi connectivity index (χ0) is 11.3. The number of carbonyl (C=O) groups excluding carboxylic acids is 1. The third-order valence-electron chi connectivity index (χ3n) is 2.04. The van der Waals surface area contributed by atoms with Crippen molar-refractivity contribution in [2.45, 2.75) is 6.92 Å². The molecule has 0 aromatic heterocycles. The number of carbonyl (C=O) groups is 1. The van der Waals surface area contributed by atoms with Crippen molar-refractivity contribution in [3.8, 4) is 5.75 Å². The summed E-state index contributed by atoms with van der Waals surface area (Å²) in [5.74, 6) is 0.695. The summed E-state index contributed by atoms with van der Waals surface area (Å²) in [6, 6.07) is 5.21. The molecule has 80 valence electrons. The molecule has 0 aliphatic carbocycles. The summed E-state index contributed by atoms with van der Waals surface area (Å²) >= 11 is 0. The molecule has 0 saturated heterocycles. The molecule has 15 heavy (non-hydrogen) atoms. The molecule has 1 aromatic rings. The normalized spacial score (nSPS) is 10.6. The van der Waals surface area contributed by atoms with Gasteiger partial charge in [0.1, 0.15) is 5.75 Å². The van der Waals surface area contributed by atoms with Gasteiger partial charge in [-0.2, -0.15) is 0 Å². The summed E-state index contributed by atoms with van der Waals surface area (Å²) in [5.41, 5.74) is 1.42. The lowest BCUT2D eigenvalue weighted by Crippen LogP contribution is -1.94. The van der Waals surface area contributed by atoms with Gasteiger partial charge in [-0.15, -0.1) is 0 Å². The Bertz CT molecular complexity index is 380. The predicted molar refractivity (Wildman–Crippen MR) is 59.1 cm³/mol. The first-order valence-corrected chi connectivity index (χ1v) is 4.65. The number of ketones is 1. The SMILES string of the molecule is COc1ccc(C(C)=O)cc1C=CCO. The van der Waals surface area contributed by atoms with Crippen LogP contribution in [0, 0.1) is 0 Å². The highest BCUT2D eigenvalue weighted by atomic mass is 16.5. The predicted octanol–water partition coefficient (Wildman–Crippen LogP) is 1.90. The summed E-state index contributed by atoms with van der Waals surface area (Å²) < 4.78 is 5.13. The summed E-state index contributed by atoms with van der Waals surface area (Å²) in [6.07, 6.45) is 3.33. The van der Waals surface area contributed by atoms with Crippen LogP contribution in [0.1, 0.15) is 22.8 Å². The highest BCUT2D eigenvalue weighted by Gasteiger charge is 2.04. The van der Waals surface area contributed by atoms with Crippen molar-refractivity contribution in [3.05, 3.63) is 35.4 Å². The summed E-state index contributed by atoms with van der Waals surface area (Å²) in [6.45, 7) is 1.48. The molecule has 0 radical (unpaired) electrons. The lowest BCUT2D eigenvalue weighted by Gasteiger charge is -2.05. The average molecular weight is 206 g/mol. The molecule has 3 heteroatoms. The van der Waals surface area contributed by atoms with Gasteiger partial charge in [0.15, 0.2) is 5.78 Å². The molecular weight excluding hydrogens is 192 g/mol. The molecule has 0 heterocycles. The van der Waals surface area contributed by atoms with Crippen molar-refractivity contribution in [1.82, 2.24) is 0 Å². The van der Waals surface area contributed by atoms with Gasteiger partial charge in [0.05, 0.1) is 13.7 Å². The number of benzene rings is 1. The van der Waals surface area contributed by atoms with E-state index < -0.39 is 0 Å². The second kappa shape index (κ2) is 5.32. The molecule has 0 atom stereocenters. The highest BCUT2D eigenvalue weighted by Crippen LogP contribution is 2.21. The van der Waals surface area contributed by atoms with Gasteiger partial charge < -0.3 is 9.84 Å². The number of rotatable bonds is 4. The molecule has 0 unspecified atom stereocenters. The molecule has 1 aromatic carbocycles. The number of Topliss-reactive ketones (excluding diaryl/α,β-unsaturated/α-hetero) is 1. The Balaban J connectivity index is 3.13. The van der Waals surface area contributed by atoms with E-state index in [4.69, 9.17) is 9.84 Å². The third kappa shape index (κ3) is 2.92. The Morgan fingerprint density at radius 2 is 2.27 bits per heavy atom. The number of aliphatic hydroxyl groups excluding tert-OH is 1. The van der Waals surface area contributed by atoms with Gasteiger partial charge in [0.2, 0.25) is 0 Å². The van der Waals surface area contributed by atoms with Crippen LogP contribution in [-0.4, -0.2) is 24.6 Å². The smallest absolute Gasteiger partial charge is 0.159 e. The van der Waals surface area contributed by atoms with Crippen molar-refractivity contribution in [3.63, 3.8) is 0 Å². The maximum absolute atomic E-state index is 11.2. The topological polar surface area (TPSA) is 46.5 Å². The van der Waals surface area contributed by atoms with Gasteiger partial charge in [-0.3, -0.25) is 4.79 Å². The van der Waals surface area contributed by atoms with Crippen molar-refractivity contribution in [2.75, 3.05) is 13.7 Å². The van der Waals surface area contributed by atoms with E-state index in [9.17, 15) is 4.79 Å². The minimum Gasteiger partial charge on any atom is -0.496 e. The van der Waals surface area contributed by atoms with Gasteiger partial charge >= 0.3 is 0 Å². The monoisotopic (exact) mass is 206 g/mol. The van der Waals surface area contributed by atoms with Crippen LogP contribution in [-0.2, 0) is 0 Å². The Kier molecular flexibility index (Phi) is 4.06. The van der Waals surface area contributed by atoms with Crippen molar-refractivity contribution in [1.29, 1.82) is 0 Å². The van der Waals surface area contributed by atoms with E-state index in [1.165, 1.54) is 6.92 Å². The summed E-state index contributed by atoms with van der Waals surface area (Å²) in [7, 11) is 1.57. The van der Waals surface area contributed by atoms with Crippen LogP contribution in [0.2, 0.25) is 0 Å². The van der Waals surface area contributed by atoms with Crippen LogP contribution in [0.3, 0.4) is 0 Å². The van der Waals surface area contributed by atoms with Crippen LogP contribution in [0.5, 0.6) is 5.75 Å². The largest absolute Gasteiger partial charge is 0.496 e. The van der Waals surface area contributed by atoms with E-state index in [0.717, 1.165) is 5.56 Å². The van der Waals surface area contributed by atoms with Crippen LogP contribution in [0.4, 0.5) is 0 Å². The average Bonchev–Trinajstić information content (AvgIpc) is 2.25. The number of ether oxygens (including phenoxy) is 1. The molecule has 3 nitrogen and oxygen atoms in total. The number of hydrogen-bond acceptors (Lipinski definition) is 3. The maximum atomic E-state index is 11.2. The zero-order valence-electron chi connectivity index (χ0n) is 8.86. The molecule has 1 N–H and O–H groups in total. The fourth-order valence-electron chi connectivity index (χ4n) is 1.26. The van der Waals surface area contributed by atoms with Crippen molar-refractivity contribution < 1.29 is 14.6 Å². The number of hydrogen-bond donors (Lipinski definition) is 1. The van der Waals surface area contributed by atoms with E-state index in [1.807, 2.05) is 0 Å². The van der Waals surface area contributed by atoms with Gasteiger partial charge in [-0.25, -0.2) is 0 Å². The Hall–Kier alpha value is -1.61. The maximum Gasteiger partial charge on any atom is 0.159 e. The molecule has 0 saturated carbocycles. The molecule has 0 fully saturated rings. The molecule has 0 bridgehead atoms. The quantitative estimate of drug-likeness (QED) is 0.765. The highest BCUT2D eigenvalue weighted by molar-refractivity contribution is 5.94. The van der Waals surface area contributed by atoms with Crippen molar-refractivity contribution >= 4 is 11.9 Å². The Morgan fingerprint density at radius 3 is 2.80 bits per heavy atom. The van der Waals surface area contributed by atoms with Crippen LogP contribution in [0.15, 0.2) is 24.3 Å². The lowest BCUT2D eigenvalue weighted by molar-refractivity contribution is 0.101. The fourth-order valence-corrected chi connectivity index (χ4v) is 1.26. The van der Waals surface area contributed by atoms with E-state index >= 15 is 0 Å². The van der Waals surface area contributed by atoms with Gasteiger partial charge in [-0.1, -0.05) is 12.2 Å². The molecule has 0 aliphatic heterocycles. The number of methoxy groups -OCH3 is 1. The minimum atomic E-state index is -0.0343. The molecule has 0 amide bonds. The van der Waals surface area contributed by atoms with E-state index in [0.29, 0.717) is 11.3 Å². The first-order valence-electron chi connectivity index (χ1n) is 4.65. The third-order valence-corrected chi connectivity index (χ3v) is 2.04. The van der Waals surface area contributed by atoms with Crippen LogP contribution in [0.25, 0.3) is 6.08 Å². The van der Waals surface area contributed by atoms with Gasteiger partial charge in [0, 0.05) is 11.1 Å². The van der Waals surface area contributed by atoms with Gasteiger partial charge in [0.25, 0.3) is 0 Å². The minimum absolute atomic E-state index is 0.0105. The van der Waals surface area contributed by atoms with Crippen molar-refractivity contribution in [2.24, 2.45) is 0 Å². The van der Waals surface area contributed by atoms with E-state index in [-0.39, 0.29) is 12.4 Å². The van der Waals surface area contributed by atoms with Crippen LogP contribution < -0.4 is 4.74 Å². The standard InChI is InChI=1S/C12H14O3/c1-9(14)10-5-6-12(15-2)11(8-10)4-3-7-13/h3-6,8,13H,7H2,1-2H3. The number of aliphatic hydroxyl groups is 1. The van der Waals surface area contributed by atoms with E-state index in [1.54, 1.807) is 37.5 Å². The Labute approximate surface area is 89.0 Å². The molecule has 1 rings (SSSR count).